The van der Waals surface area contributed by atoms with Gasteiger partial charge in [-0.2, -0.15) is 0 Å². The molecule has 0 aliphatic carbocycles. The molecule has 0 bridgehead atoms. The van der Waals surface area contributed by atoms with Crippen molar-refractivity contribution in [2.75, 3.05) is 17.4 Å². The third kappa shape index (κ3) is 4.25. The van der Waals surface area contributed by atoms with E-state index in [2.05, 4.69) is 5.32 Å². The molecule has 0 spiro atoms. The first-order valence-corrected chi connectivity index (χ1v) is 7.67. The van der Waals surface area contributed by atoms with Gasteiger partial charge in [0, 0.05) is 12.6 Å². The number of aryl methyl sites for hydroxylation is 1. The maximum Gasteiger partial charge on any atom is 0.331 e. The Morgan fingerprint density at radius 3 is 2.42 bits per heavy atom. The molecule has 2 rings (SSSR count). The van der Waals surface area contributed by atoms with Crippen LogP contribution in [0.15, 0.2) is 48.5 Å². The lowest BCUT2D eigenvalue weighted by atomic mass is 10.1. The van der Waals surface area contributed by atoms with Crippen molar-refractivity contribution in [3.63, 3.8) is 0 Å². The zero-order valence-corrected chi connectivity index (χ0v) is 13.8. The Labute approximate surface area is 141 Å². The topological polar surface area (TPSA) is 84.7 Å². The Morgan fingerprint density at radius 2 is 1.79 bits per heavy atom. The quantitative estimate of drug-likeness (QED) is 0.653. The van der Waals surface area contributed by atoms with Crippen LogP contribution in [0.3, 0.4) is 0 Å². The van der Waals surface area contributed by atoms with Gasteiger partial charge in [0.2, 0.25) is 5.91 Å². The van der Waals surface area contributed by atoms with E-state index in [1.807, 2.05) is 31.2 Å². The summed E-state index contributed by atoms with van der Waals surface area (Å²) in [6.07, 6.45) is 0.829. The number of anilines is 2. The second-order valence-electron chi connectivity index (χ2n) is 5.18. The molecule has 2 aromatic carbocycles. The van der Waals surface area contributed by atoms with Crippen LogP contribution in [0.4, 0.5) is 16.2 Å². The summed E-state index contributed by atoms with van der Waals surface area (Å²) in [6, 6.07) is 13.5. The lowest BCUT2D eigenvalue weighted by Crippen LogP contribution is -2.44. The molecule has 0 aromatic heterocycles. The van der Waals surface area contributed by atoms with Crippen LogP contribution in [0.2, 0.25) is 0 Å². The summed E-state index contributed by atoms with van der Waals surface area (Å²) in [6.45, 7) is 3.32. The molecule has 126 valence electrons. The summed E-state index contributed by atoms with van der Waals surface area (Å²) < 4.78 is 5.59. The normalized spacial score (nSPS) is 10.1. The van der Waals surface area contributed by atoms with Crippen LogP contribution in [0.1, 0.15) is 19.4 Å². The number of urea groups is 1. The van der Waals surface area contributed by atoms with Crippen LogP contribution in [0, 0.1) is 0 Å². The van der Waals surface area contributed by atoms with E-state index < -0.39 is 11.9 Å². The van der Waals surface area contributed by atoms with E-state index >= 15 is 0 Å². The fraction of sp³-hybridized carbons (Fsp3) is 0.222. The van der Waals surface area contributed by atoms with Crippen LogP contribution in [-0.2, 0) is 11.2 Å². The average molecular weight is 327 g/mol. The third-order valence-electron chi connectivity index (χ3n) is 3.47. The number of para-hydroxylation sites is 1. The molecule has 0 aliphatic rings. The molecule has 2 aromatic rings. The fourth-order valence-electron chi connectivity index (χ4n) is 2.26. The Balaban J connectivity index is 2.01. The Bertz CT molecular complexity index is 714. The number of nitrogens with zero attached hydrogens (tertiary/aromatic N) is 1. The van der Waals surface area contributed by atoms with Gasteiger partial charge in [-0.3, -0.25) is 4.79 Å². The van der Waals surface area contributed by atoms with Gasteiger partial charge in [-0.15, -0.1) is 0 Å². The van der Waals surface area contributed by atoms with E-state index in [-0.39, 0.29) is 6.73 Å². The Hall–Kier alpha value is -3.02. The third-order valence-corrected chi connectivity index (χ3v) is 3.47. The highest BCUT2D eigenvalue weighted by atomic mass is 16.5. The predicted molar refractivity (Wildman–Crippen MR) is 93.9 cm³/mol. The summed E-state index contributed by atoms with van der Waals surface area (Å²) in [5, 5.41) is 2.59. The first-order chi connectivity index (χ1) is 11.5. The number of benzene rings is 2. The summed E-state index contributed by atoms with van der Waals surface area (Å²) in [5.74, 6) is 0.313. The van der Waals surface area contributed by atoms with Gasteiger partial charge in [0.05, 0.1) is 5.69 Å². The van der Waals surface area contributed by atoms with Crippen molar-refractivity contribution >= 4 is 23.3 Å². The Morgan fingerprint density at radius 1 is 1.12 bits per heavy atom. The van der Waals surface area contributed by atoms with E-state index in [4.69, 9.17) is 10.5 Å². The van der Waals surface area contributed by atoms with Crippen molar-refractivity contribution in [3.8, 4) is 5.75 Å². The molecule has 24 heavy (non-hydrogen) atoms. The van der Waals surface area contributed by atoms with Crippen LogP contribution >= 0.6 is 0 Å². The van der Waals surface area contributed by atoms with Gasteiger partial charge in [0.15, 0.2) is 6.73 Å². The molecule has 6 heteroatoms. The maximum absolute atomic E-state index is 12.3. The van der Waals surface area contributed by atoms with Gasteiger partial charge in [-0.25, -0.2) is 9.69 Å². The number of carbonyl (C=O) groups is 2. The minimum atomic E-state index is -0.554. The summed E-state index contributed by atoms with van der Waals surface area (Å²) in [4.78, 5) is 25.1. The van der Waals surface area contributed by atoms with Gasteiger partial charge in [-0.1, -0.05) is 25.1 Å². The number of hydrogen-bond acceptors (Lipinski definition) is 4. The van der Waals surface area contributed by atoms with Crippen molar-refractivity contribution in [1.29, 1.82) is 0 Å². The van der Waals surface area contributed by atoms with Gasteiger partial charge < -0.3 is 15.8 Å². The number of carbonyl (C=O) groups excluding carboxylic acids is 2. The predicted octanol–water partition coefficient (Wildman–Crippen LogP) is 2.93. The first kappa shape index (κ1) is 17.3. The second-order valence-corrected chi connectivity index (χ2v) is 5.18. The first-order valence-electron chi connectivity index (χ1n) is 7.67. The number of amides is 3. The minimum absolute atomic E-state index is 0.0331. The number of rotatable bonds is 5. The van der Waals surface area contributed by atoms with Gasteiger partial charge >= 0.3 is 6.03 Å². The standard InChI is InChI=1S/C18H21N3O3/c1-3-14-6-4-5-7-17(14)24-12-20-18(23)21(13(2)22)16-10-8-15(19)9-11-16/h4-11H,3,12,19H2,1-2H3,(H,20,23). The molecule has 0 aliphatic heterocycles. The number of nitrogens with two attached hydrogens (primary N) is 1. The molecule has 3 amide bonds. The largest absolute Gasteiger partial charge is 0.473 e. The highest BCUT2D eigenvalue weighted by Gasteiger charge is 2.19. The van der Waals surface area contributed by atoms with E-state index in [9.17, 15) is 9.59 Å². The zero-order chi connectivity index (χ0) is 17.5. The molecule has 0 radical (unpaired) electrons. The summed E-state index contributed by atoms with van der Waals surface area (Å²) >= 11 is 0. The van der Waals surface area contributed by atoms with Gasteiger partial charge in [0.25, 0.3) is 0 Å². The molecule has 6 nitrogen and oxygen atoms in total. The number of nitrogens with one attached hydrogen (secondary N) is 1. The lowest BCUT2D eigenvalue weighted by Gasteiger charge is -2.20. The molecule has 0 heterocycles. The van der Waals surface area contributed by atoms with Gasteiger partial charge in [0.1, 0.15) is 5.75 Å². The zero-order valence-electron chi connectivity index (χ0n) is 13.8. The highest BCUT2D eigenvalue weighted by molar-refractivity contribution is 6.13. The van der Waals surface area contributed by atoms with E-state index in [1.165, 1.54) is 6.92 Å². The molecule has 0 atom stereocenters. The van der Waals surface area contributed by atoms with Crippen molar-refractivity contribution in [2.45, 2.75) is 20.3 Å². The summed E-state index contributed by atoms with van der Waals surface area (Å²) in [7, 11) is 0. The molecular formula is C18H21N3O3. The number of ether oxygens (including phenoxy) is 1. The Kier molecular flexibility index (Phi) is 5.78. The molecular weight excluding hydrogens is 306 g/mol. The smallest absolute Gasteiger partial charge is 0.331 e. The second kappa shape index (κ2) is 8.01. The van der Waals surface area contributed by atoms with E-state index in [0.29, 0.717) is 17.1 Å². The van der Waals surface area contributed by atoms with Crippen LogP contribution in [0.25, 0.3) is 0 Å². The lowest BCUT2D eigenvalue weighted by molar-refractivity contribution is -0.115. The van der Waals surface area contributed by atoms with E-state index in [1.54, 1.807) is 24.3 Å². The molecule has 0 saturated carbocycles. The number of nitrogen functional groups attached to an aromatic ring is 1. The SMILES string of the molecule is CCc1ccccc1OCNC(=O)N(C(C)=O)c1ccc(N)cc1. The molecule has 3 N–H and O–H groups in total. The van der Waals surface area contributed by atoms with Crippen molar-refractivity contribution < 1.29 is 14.3 Å². The van der Waals surface area contributed by atoms with Crippen molar-refractivity contribution in [3.05, 3.63) is 54.1 Å². The van der Waals surface area contributed by atoms with Gasteiger partial charge in [-0.05, 0) is 42.3 Å². The molecule has 0 saturated heterocycles. The number of imide groups is 1. The monoisotopic (exact) mass is 327 g/mol. The van der Waals surface area contributed by atoms with Crippen molar-refractivity contribution in [1.82, 2.24) is 5.32 Å². The number of hydrogen-bond donors (Lipinski definition) is 2. The molecule has 0 fully saturated rings. The summed E-state index contributed by atoms with van der Waals surface area (Å²) in [5.41, 5.74) is 7.68. The fourth-order valence-corrected chi connectivity index (χ4v) is 2.26. The average Bonchev–Trinajstić information content (AvgIpc) is 2.57. The minimum Gasteiger partial charge on any atom is -0.473 e. The van der Waals surface area contributed by atoms with E-state index in [0.717, 1.165) is 16.9 Å². The van der Waals surface area contributed by atoms with Crippen molar-refractivity contribution in [2.24, 2.45) is 0 Å². The van der Waals surface area contributed by atoms with Crippen LogP contribution < -0.4 is 20.7 Å². The van der Waals surface area contributed by atoms with Crippen LogP contribution in [-0.4, -0.2) is 18.7 Å². The highest BCUT2D eigenvalue weighted by Crippen LogP contribution is 2.19. The van der Waals surface area contributed by atoms with Crippen LogP contribution in [0.5, 0.6) is 5.75 Å². The maximum atomic E-state index is 12.3. The molecule has 0 unspecified atom stereocenters.